The summed E-state index contributed by atoms with van der Waals surface area (Å²) in [5.41, 5.74) is 7.13. The molecule has 2 aromatic rings. The van der Waals surface area contributed by atoms with E-state index in [2.05, 4.69) is 11.9 Å². The van der Waals surface area contributed by atoms with Crippen molar-refractivity contribution in [2.45, 2.75) is 31.9 Å². The van der Waals surface area contributed by atoms with Crippen molar-refractivity contribution in [3.05, 3.63) is 23.5 Å². The van der Waals surface area contributed by atoms with Crippen molar-refractivity contribution in [1.82, 2.24) is 9.38 Å². The lowest BCUT2D eigenvalue weighted by molar-refractivity contribution is 0.0771. The van der Waals surface area contributed by atoms with E-state index in [9.17, 15) is 0 Å². The van der Waals surface area contributed by atoms with E-state index in [1.54, 1.807) is 18.4 Å². The van der Waals surface area contributed by atoms with E-state index in [4.69, 9.17) is 10.5 Å². The molecule has 0 radical (unpaired) electrons. The van der Waals surface area contributed by atoms with Crippen LogP contribution in [0.3, 0.4) is 0 Å². The van der Waals surface area contributed by atoms with E-state index >= 15 is 0 Å². The van der Waals surface area contributed by atoms with Crippen LogP contribution in [0.5, 0.6) is 0 Å². The number of ether oxygens (including phenoxy) is 1. The van der Waals surface area contributed by atoms with E-state index in [1.807, 2.05) is 22.2 Å². The van der Waals surface area contributed by atoms with Crippen LogP contribution < -0.4 is 5.73 Å². The number of hydrogen-bond donors (Lipinski definition) is 1. The maximum atomic E-state index is 6.09. The molecule has 4 nitrogen and oxygen atoms in total. The Morgan fingerprint density at radius 1 is 1.62 bits per heavy atom. The van der Waals surface area contributed by atoms with Gasteiger partial charge in [-0.2, -0.15) is 0 Å². The first-order chi connectivity index (χ1) is 7.74. The summed E-state index contributed by atoms with van der Waals surface area (Å²) in [6.07, 6.45) is 5.85. The lowest BCUT2D eigenvalue weighted by atomic mass is 10.0. The molecule has 88 valence electrons. The van der Waals surface area contributed by atoms with Gasteiger partial charge in [0.2, 0.25) is 0 Å². The highest BCUT2D eigenvalue weighted by Crippen LogP contribution is 2.14. The lowest BCUT2D eigenvalue weighted by Gasteiger charge is -2.20. The SMILES string of the molecule is CCC(OC)C(N)Cc1cn2ccsc2n1. The van der Waals surface area contributed by atoms with Crippen LogP contribution in [-0.2, 0) is 11.2 Å². The predicted molar refractivity (Wildman–Crippen MR) is 65.8 cm³/mol. The smallest absolute Gasteiger partial charge is 0.193 e. The van der Waals surface area contributed by atoms with Crippen molar-refractivity contribution < 1.29 is 4.74 Å². The van der Waals surface area contributed by atoms with E-state index in [0.717, 1.165) is 23.5 Å². The number of nitrogens with two attached hydrogens (primary N) is 1. The first-order valence-electron chi connectivity index (χ1n) is 5.44. The van der Waals surface area contributed by atoms with Crippen molar-refractivity contribution >= 4 is 16.3 Å². The normalized spacial score (nSPS) is 15.4. The zero-order valence-corrected chi connectivity index (χ0v) is 10.4. The van der Waals surface area contributed by atoms with Gasteiger partial charge >= 0.3 is 0 Å². The Morgan fingerprint density at radius 2 is 2.44 bits per heavy atom. The summed E-state index contributed by atoms with van der Waals surface area (Å²) >= 11 is 1.63. The maximum Gasteiger partial charge on any atom is 0.193 e. The van der Waals surface area contributed by atoms with Crippen LogP contribution in [-0.4, -0.2) is 28.6 Å². The minimum Gasteiger partial charge on any atom is -0.380 e. The van der Waals surface area contributed by atoms with Crippen LogP contribution in [0.2, 0.25) is 0 Å². The molecule has 0 aromatic carbocycles. The molecular weight excluding hydrogens is 222 g/mol. The fourth-order valence-electron chi connectivity index (χ4n) is 1.89. The van der Waals surface area contributed by atoms with Crippen molar-refractivity contribution in [1.29, 1.82) is 0 Å². The molecule has 0 amide bonds. The fraction of sp³-hybridized carbons (Fsp3) is 0.545. The van der Waals surface area contributed by atoms with Crippen LogP contribution in [0.15, 0.2) is 17.8 Å². The standard InChI is InChI=1S/C11H17N3OS/c1-3-10(15-2)9(12)6-8-7-14-4-5-16-11(14)13-8/h4-5,7,9-10H,3,6,12H2,1-2H3. The van der Waals surface area contributed by atoms with E-state index in [1.165, 1.54) is 0 Å². The highest BCUT2D eigenvalue weighted by atomic mass is 32.1. The van der Waals surface area contributed by atoms with Gasteiger partial charge < -0.3 is 10.5 Å². The minimum absolute atomic E-state index is 0.0135. The number of nitrogens with zero attached hydrogens (tertiary/aromatic N) is 2. The molecule has 2 N–H and O–H groups in total. The molecule has 0 aliphatic heterocycles. The number of imidazole rings is 1. The van der Waals surface area contributed by atoms with Gasteiger partial charge in [0.25, 0.3) is 0 Å². The number of rotatable bonds is 5. The number of aromatic nitrogens is 2. The van der Waals surface area contributed by atoms with Crippen LogP contribution >= 0.6 is 11.3 Å². The topological polar surface area (TPSA) is 52.5 Å². The summed E-state index contributed by atoms with van der Waals surface area (Å²) in [6.45, 7) is 2.08. The Kier molecular flexibility index (Phi) is 3.58. The molecule has 0 bridgehead atoms. The van der Waals surface area contributed by atoms with Crippen molar-refractivity contribution in [3.63, 3.8) is 0 Å². The summed E-state index contributed by atoms with van der Waals surface area (Å²) in [5.74, 6) is 0. The molecule has 0 fully saturated rings. The third-order valence-corrected chi connectivity index (χ3v) is 3.54. The summed E-state index contributed by atoms with van der Waals surface area (Å²) < 4.78 is 7.36. The highest BCUT2D eigenvalue weighted by Gasteiger charge is 2.17. The van der Waals surface area contributed by atoms with Crippen LogP contribution in [0.1, 0.15) is 19.0 Å². The average Bonchev–Trinajstić information content (AvgIpc) is 2.79. The summed E-state index contributed by atoms with van der Waals surface area (Å²) in [5, 5.41) is 2.02. The molecule has 2 unspecified atom stereocenters. The zero-order valence-electron chi connectivity index (χ0n) is 9.59. The van der Waals surface area contributed by atoms with E-state index in [0.29, 0.717) is 0 Å². The Bertz CT molecular complexity index is 418. The monoisotopic (exact) mass is 239 g/mol. The molecule has 2 heterocycles. The van der Waals surface area contributed by atoms with Gasteiger partial charge in [0.15, 0.2) is 4.96 Å². The van der Waals surface area contributed by atoms with E-state index < -0.39 is 0 Å². The number of methoxy groups -OCH3 is 1. The van der Waals surface area contributed by atoms with Crippen LogP contribution in [0.4, 0.5) is 0 Å². The number of fused-ring (bicyclic) bond motifs is 1. The zero-order chi connectivity index (χ0) is 11.5. The second kappa shape index (κ2) is 4.95. The minimum atomic E-state index is 0.0135. The molecular formula is C11H17N3OS. The Morgan fingerprint density at radius 3 is 3.06 bits per heavy atom. The predicted octanol–water partition coefficient (Wildman–Crippen LogP) is 1.69. The summed E-state index contributed by atoms with van der Waals surface area (Å²) in [6, 6.07) is 0.0135. The molecule has 0 aliphatic rings. The third-order valence-electron chi connectivity index (χ3n) is 2.77. The van der Waals surface area contributed by atoms with Gasteiger partial charge in [0, 0.05) is 37.3 Å². The maximum absolute atomic E-state index is 6.09. The van der Waals surface area contributed by atoms with Gasteiger partial charge in [-0.05, 0) is 6.42 Å². The quantitative estimate of drug-likeness (QED) is 0.864. The Labute approximate surface area is 99.1 Å². The third kappa shape index (κ3) is 2.26. The number of hydrogen-bond acceptors (Lipinski definition) is 4. The van der Waals surface area contributed by atoms with E-state index in [-0.39, 0.29) is 12.1 Å². The van der Waals surface area contributed by atoms with Crippen LogP contribution in [0.25, 0.3) is 4.96 Å². The Hall–Kier alpha value is -0.910. The first-order valence-corrected chi connectivity index (χ1v) is 6.32. The average molecular weight is 239 g/mol. The molecule has 2 atom stereocenters. The number of thiazole rings is 1. The highest BCUT2D eigenvalue weighted by molar-refractivity contribution is 7.15. The van der Waals surface area contributed by atoms with Gasteiger partial charge in [0.1, 0.15) is 0 Å². The Balaban J connectivity index is 2.06. The second-order valence-electron chi connectivity index (χ2n) is 3.88. The summed E-state index contributed by atoms with van der Waals surface area (Å²) in [4.78, 5) is 5.53. The molecule has 0 spiro atoms. The summed E-state index contributed by atoms with van der Waals surface area (Å²) in [7, 11) is 1.71. The molecule has 5 heteroatoms. The van der Waals surface area contributed by atoms with Crippen molar-refractivity contribution in [3.8, 4) is 0 Å². The largest absolute Gasteiger partial charge is 0.380 e. The molecule has 0 saturated carbocycles. The molecule has 0 saturated heterocycles. The molecule has 0 aliphatic carbocycles. The second-order valence-corrected chi connectivity index (χ2v) is 4.75. The van der Waals surface area contributed by atoms with Gasteiger partial charge in [-0.3, -0.25) is 4.40 Å². The van der Waals surface area contributed by atoms with Gasteiger partial charge in [0.05, 0.1) is 11.8 Å². The van der Waals surface area contributed by atoms with Gasteiger partial charge in [-0.25, -0.2) is 4.98 Å². The molecule has 2 aromatic heterocycles. The van der Waals surface area contributed by atoms with Gasteiger partial charge in [-0.15, -0.1) is 11.3 Å². The van der Waals surface area contributed by atoms with Crippen molar-refractivity contribution in [2.75, 3.05) is 7.11 Å². The first kappa shape index (κ1) is 11.6. The molecule has 16 heavy (non-hydrogen) atoms. The molecule has 2 rings (SSSR count). The lowest BCUT2D eigenvalue weighted by Crippen LogP contribution is -2.37. The fourth-order valence-corrected chi connectivity index (χ4v) is 2.61. The van der Waals surface area contributed by atoms with Crippen LogP contribution in [0, 0.1) is 0 Å². The van der Waals surface area contributed by atoms with Gasteiger partial charge in [-0.1, -0.05) is 6.92 Å². The van der Waals surface area contributed by atoms with Crippen molar-refractivity contribution in [2.24, 2.45) is 5.73 Å².